The van der Waals surface area contributed by atoms with Gasteiger partial charge in [0.05, 0.1) is 0 Å². The number of carboxylic acids is 1. The van der Waals surface area contributed by atoms with Gasteiger partial charge in [-0.25, -0.2) is 4.79 Å². The largest absolute Gasteiger partial charge is 0.479 e. The molecule has 0 saturated heterocycles. The fourth-order valence-corrected chi connectivity index (χ4v) is 1.85. The van der Waals surface area contributed by atoms with Crippen LogP contribution in [0.2, 0.25) is 0 Å². The fraction of sp³-hybridized carbons (Fsp3) is 0.467. The summed E-state index contributed by atoms with van der Waals surface area (Å²) in [5.74, 6) is -0.828. The molecule has 1 atom stereocenters. The smallest absolute Gasteiger partial charge is 0.331 e. The zero-order chi connectivity index (χ0) is 13.4. The first-order valence-electron chi connectivity index (χ1n) is 6.48. The highest BCUT2D eigenvalue weighted by Crippen LogP contribution is 2.24. The quantitative estimate of drug-likeness (QED) is 0.749. The van der Waals surface area contributed by atoms with Crippen LogP contribution in [0.5, 0.6) is 0 Å². The second-order valence-electron chi connectivity index (χ2n) is 4.46. The SMILES string of the molecule is CCCCC(CC)(/N=C/c1ccccc1)C(=O)O. The Morgan fingerprint density at radius 2 is 2.00 bits per heavy atom. The fourth-order valence-electron chi connectivity index (χ4n) is 1.85. The van der Waals surface area contributed by atoms with Gasteiger partial charge in [0.1, 0.15) is 0 Å². The lowest BCUT2D eigenvalue weighted by molar-refractivity contribution is -0.143. The van der Waals surface area contributed by atoms with Gasteiger partial charge in [-0.05, 0) is 18.4 Å². The van der Waals surface area contributed by atoms with Crippen molar-refractivity contribution in [3.05, 3.63) is 35.9 Å². The minimum absolute atomic E-state index is 0.520. The molecule has 1 rings (SSSR count). The molecule has 3 nitrogen and oxygen atoms in total. The average molecular weight is 247 g/mol. The van der Waals surface area contributed by atoms with Crippen molar-refractivity contribution in [3.63, 3.8) is 0 Å². The van der Waals surface area contributed by atoms with Crippen LogP contribution in [-0.4, -0.2) is 22.8 Å². The van der Waals surface area contributed by atoms with Crippen LogP contribution < -0.4 is 0 Å². The van der Waals surface area contributed by atoms with Crippen molar-refractivity contribution in [2.45, 2.75) is 45.1 Å². The minimum atomic E-state index is -0.966. The topological polar surface area (TPSA) is 49.7 Å². The second-order valence-corrected chi connectivity index (χ2v) is 4.46. The second kappa shape index (κ2) is 6.94. The molecule has 0 heterocycles. The van der Waals surface area contributed by atoms with E-state index in [1.165, 1.54) is 0 Å². The molecule has 0 amide bonds. The van der Waals surface area contributed by atoms with Crippen LogP contribution in [0, 0.1) is 0 Å². The molecule has 0 radical (unpaired) electrons. The summed E-state index contributed by atoms with van der Waals surface area (Å²) in [6, 6.07) is 9.61. The van der Waals surface area contributed by atoms with Gasteiger partial charge < -0.3 is 5.11 Å². The Kier molecular flexibility index (Phi) is 5.56. The zero-order valence-corrected chi connectivity index (χ0v) is 11.1. The normalized spacial score (nSPS) is 14.6. The number of aliphatic imine (C=N–C) groups is 1. The highest BCUT2D eigenvalue weighted by Gasteiger charge is 2.34. The van der Waals surface area contributed by atoms with E-state index in [0.29, 0.717) is 12.8 Å². The van der Waals surface area contributed by atoms with E-state index in [-0.39, 0.29) is 0 Å². The van der Waals surface area contributed by atoms with Gasteiger partial charge in [-0.1, -0.05) is 57.0 Å². The standard InChI is InChI=1S/C15H21NO2/c1-3-5-11-15(4-2,14(17)18)16-12-13-9-7-6-8-10-13/h6-10,12H,3-5,11H2,1-2H3,(H,17,18)/b16-12+. The van der Waals surface area contributed by atoms with Crippen molar-refractivity contribution >= 4 is 12.2 Å². The molecular weight excluding hydrogens is 226 g/mol. The van der Waals surface area contributed by atoms with Gasteiger partial charge in [0.15, 0.2) is 5.54 Å². The predicted molar refractivity (Wildman–Crippen MR) is 74.2 cm³/mol. The van der Waals surface area contributed by atoms with Crippen LogP contribution in [0.15, 0.2) is 35.3 Å². The molecule has 0 fully saturated rings. The third-order valence-electron chi connectivity index (χ3n) is 3.19. The molecule has 0 aliphatic carbocycles. The van der Waals surface area contributed by atoms with Gasteiger partial charge in [-0.3, -0.25) is 4.99 Å². The number of nitrogens with zero attached hydrogens (tertiary/aromatic N) is 1. The number of rotatable bonds is 7. The molecule has 0 aliphatic rings. The molecule has 0 aliphatic heterocycles. The summed E-state index contributed by atoms with van der Waals surface area (Å²) in [6.45, 7) is 3.94. The van der Waals surface area contributed by atoms with Gasteiger partial charge in [0, 0.05) is 6.21 Å². The molecule has 18 heavy (non-hydrogen) atoms. The Labute approximate surface area is 109 Å². The highest BCUT2D eigenvalue weighted by molar-refractivity contribution is 5.85. The molecule has 1 aromatic carbocycles. The van der Waals surface area contributed by atoms with Crippen molar-refractivity contribution in [2.75, 3.05) is 0 Å². The number of hydrogen-bond donors (Lipinski definition) is 1. The van der Waals surface area contributed by atoms with Gasteiger partial charge in [0.2, 0.25) is 0 Å². The Hall–Kier alpha value is -1.64. The maximum absolute atomic E-state index is 11.5. The lowest BCUT2D eigenvalue weighted by atomic mass is 9.90. The Bertz CT molecular complexity index is 400. The molecule has 98 valence electrons. The van der Waals surface area contributed by atoms with Crippen molar-refractivity contribution in [3.8, 4) is 0 Å². The summed E-state index contributed by atoms with van der Waals surface area (Å²) in [6.07, 6.45) is 4.65. The predicted octanol–water partition coefficient (Wildman–Crippen LogP) is 3.53. The molecule has 1 unspecified atom stereocenters. The molecule has 0 aromatic heterocycles. The molecule has 0 spiro atoms. The number of hydrogen-bond acceptors (Lipinski definition) is 2. The molecular formula is C15H21NO2. The maximum atomic E-state index is 11.5. The first-order chi connectivity index (χ1) is 8.64. The number of unbranched alkanes of at least 4 members (excludes halogenated alkanes) is 1. The van der Waals surface area contributed by atoms with E-state index in [2.05, 4.69) is 11.9 Å². The highest BCUT2D eigenvalue weighted by atomic mass is 16.4. The van der Waals surface area contributed by atoms with E-state index >= 15 is 0 Å². The number of carbonyl (C=O) groups is 1. The Morgan fingerprint density at radius 1 is 1.33 bits per heavy atom. The van der Waals surface area contributed by atoms with E-state index in [9.17, 15) is 9.90 Å². The third kappa shape index (κ3) is 3.69. The number of carboxylic acid groups (broad SMARTS) is 1. The molecule has 1 N–H and O–H groups in total. The lowest BCUT2D eigenvalue weighted by Gasteiger charge is -2.23. The first-order valence-corrected chi connectivity index (χ1v) is 6.48. The third-order valence-corrected chi connectivity index (χ3v) is 3.19. The summed E-state index contributed by atoms with van der Waals surface area (Å²) in [5.41, 5.74) is -0.0284. The van der Waals surface area contributed by atoms with Crippen molar-refractivity contribution in [1.82, 2.24) is 0 Å². The summed E-state index contributed by atoms with van der Waals surface area (Å²) < 4.78 is 0. The van der Waals surface area contributed by atoms with E-state index in [4.69, 9.17) is 0 Å². The number of benzene rings is 1. The van der Waals surface area contributed by atoms with Crippen LogP contribution in [-0.2, 0) is 4.79 Å². The molecule has 0 saturated carbocycles. The Balaban J connectivity index is 2.90. The summed E-state index contributed by atoms with van der Waals surface area (Å²) in [7, 11) is 0. The van der Waals surface area contributed by atoms with Gasteiger partial charge in [-0.2, -0.15) is 0 Å². The monoisotopic (exact) mass is 247 g/mol. The van der Waals surface area contributed by atoms with Crippen LogP contribution in [0.25, 0.3) is 0 Å². The first kappa shape index (κ1) is 14.4. The number of aliphatic carboxylic acids is 1. The molecule has 1 aromatic rings. The van der Waals surface area contributed by atoms with E-state index < -0.39 is 11.5 Å². The summed E-state index contributed by atoms with van der Waals surface area (Å²) >= 11 is 0. The van der Waals surface area contributed by atoms with Crippen LogP contribution in [0.3, 0.4) is 0 Å². The van der Waals surface area contributed by atoms with E-state index in [0.717, 1.165) is 18.4 Å². The zero-order valence-electron chi connectivity index (χ0n) is 11.1. The average Bonchev–Trinajstić information content (AvgIpc) is 2.40. The van der Waals surface area contributed by atoms with Crippen LogP contribution in [0.1, 0.15) is 45.1 Å². The Morgan fingerprint density at radius 3 is 2.50 bits per heavy atom. The minimum Gasteiger partial charge on any atom is -0.479 e. The van der Waals surface area contributed by atoms with Crippen molar-refractivity contribution in [2.24, 2.45) is 4.99 Å². The molecule has 0 bridgehead atoms. The van der Waals surface area contributed by atoms with E-state index in [1.54, 1.807) is 6.21 Å². The summed E-state index contributed by atoms with van der Waals surface area (Å²) in [4.78, 5) is 15.8. The maximum Gasteiger partial charge on any atom is 0.331 e. The summed E-state index contributed by atoms with van der Waals surface area (Å²) in [5, 5.41) is 9.41. The van der Waals surface area contributed by atoms with E-state index in [1.807, 2.05) is 37.3 Å². The van der Waals surface area contributed by atoms with Gasteiger partial charge in [0.25, 0.3) is 0 Å². The van der Waals surface area contributed by atoms with Gasteiger partial charge in [-0.15, -0.1) is 0 Å². The van der Waals surface area contributed by atoms with Crippen molar-refractivity contribution < 1.29 is 9.90 Å². The lowest BCUT2D eigenvalue weighted by Crippen LogP contribution is -2.36. The van der Waals surface area contributed by atoms with Crippen LogP contribution in [0.4, 0.5) is 0 Å². The van der Waals surface area contributed by atoms with Crippen molar-refractivity contribution in [1.29, 1.82) is 0 Å². The van der Waals surface area contributed by atoms with Crippen LogP contribution >= 0.6 is 0 Å². The molecule has 3 heteroatoms. The van der Waals surface area contributed by atoms with Gasteiger partial charge >= 0.3 is 5.97 Å².